The smallest absolute Gasteiger partial charge is 0.334 e. The van der Waals surface area contributed by atoms with Gasteiger partial charge < -0.3 is 14.7 Å². The highest BCUT2D eigenvalue weighted by molar-refractivity contribution is 5.88. The summed E-state index contributed by atoms with van der Waals surface area (Å²) in [5.41, 5.74) is 1.38. The second kappa shape index (κ2) is 5.85. The molecule has 1 saturated heterocycles. The van der Waals surface area contributed by atoms with Crippen molar-refractivity contribution in [1.29, 1.82) is 0 Å². The molecule has 1 atom stereocenters. The molecule has 114 valence electrons. The Balaban J connectivity index is 2.17. The van der Waals surface area contributed by atoms with Gasteiger partial charge in [-0.2, -0.15) is 0 Å². The summed E-state index contributed by atoms with van der Waals surface area (Å²) < 4.78 is 5.16. The zero-order chi connectivity index (χ0) is 15.6. The van der Waals surface area contributed by atoms with Crippen LogP contribution in [0.2, 0.25) is 0 Å². The number of hydrogen-bond donors (Lipinski definition) is 1. The van der Waals surface area contributed by atoms with Crippen LogP contribution in [0.5, 0.6) is 0 Å². The summed E-state index contributed by atoms with van der Waals surface area (Å²) in [5.74, 6) is -1.10. The maximum Gasteiger partial charge on any atom is 0.334 e. The molecule has 21 heavy (non-hydrogen) atoms. The Bertz CT molecular complexity index is 536. The molecule has 2 rings (SSSR count). The Kier molecular flexibility index (Phi) is 4.32. The van der Waals surface area contributed by atoms with Crippen molar-refractivity contribution in [3.63, 3.8) is 0 Å². The topological polar surface area (TPSA) is 66.8 Å². The molecule has 1 fully saturated rings. The van der Waals surface area contributed by atoms with Crippen LogP contribution >= 0.6 is 0 Å². The first kappa shape index (κ1) is 15.5. The highest BCUT2D eigenvalue weighted by atomic mass is 16.5. The quantitative estimate of drug-likeness (QED) is 0.918. The van der Waals surface area contributed by atoms with Crippen molar-refractivity contribution in [2.24, 2.45) is 0 Å². The van der Waals surface area contributed by atoms with Crippen LogP contribution in [0.3, 0.4) is 0 Å². The van der Waals surface area contributed by atoms with Crippen molar-refractivity contribution in [2.45, 2.75) is 32.3 Å². The summed E-state index contributed by atoms with van der Waals surface area (Å²) in [6.07, 6.45) is -0.934. The third-order valence-corrected chi connectivity index (χ3v) is 3.94. The summed E-state index contributed by atoms with van der Waals surface area (Å²) in [7, 11) is 0. The van der Waals surface area contributed by atoms with Gasteiger partial charge in [-0.3, -0.25) is 4.79 Å². The minimum Gasteiger partial charge on any atom is -0.479 e. The van der Waals surface area contributed by atoms with E-state index in [1.807, 2.05) is 45.0 Å². The van der Waals surface area contributed by atoms with E-state index in [9.17, 15) is 9.59 Å². The highest BCUT2D eigenvalue weighted by Gasteiger charge is 2.37. The molecule has 0 aromatic heterocycles. The van der Waals surface area contributed by atoms with Gasteiger partial charge in [0.15, 0.2) is 6.10 Å². The Morgan fingerprint density at radius 2 is 1.90 bits per heavy atom. The molecule has 0 radical (unpaired) electrons. The number of aliphatic carboxylic acids is 1. The van der Waals surface area contributed by atoms with Crippen LogP contribution in [-0.4, -0.2) is 47.7 Å². The number of aryl methyl sites for hydroxylation is 1. The molecule has 1 N–H and O–H groups in total. The van der Waals surface area contributed by atoms with Crippen molar-refractivity contribution in [3.05, 3.63) is 35.4 Å². The first-order valence-electron chi connectivity index (χ1n) is 7.03. The van der Waals surface area contributed by atoms with Crippen molar-refractivity contribution < 1.29 is 19.4 Å². The summed E-state index contributed by atoms with van der Waals surface area (Å²) in [4.78, 5) is 25.4. The predicted octanol–water partition coefficient (Wildman–Crippen LogP) is 1.58. The molecule has 0 aliphatic carbocycles. The van der Waals surface area contributed by atoms with Gasteiger partial charge in [0, 0.05) is 6.54 Å². The fraction of sp³-hybridized carbons (Fsp3) is 0.500. The van der Waals surface area contributed by atoms with Gasteiger partial charge in [-0.05, 0) is 26.3 Å². The lowest BCUT2D eigenvalue weighted by atomic mass is 9.82. The monoisotopic (exact) mass is 291 g/mol. The SMILES string of the molecule is Cc1ccc(C(C)(C)C(=O)N2CCOC(C(=O)O)C2)cc1. The van der Waals surface area contributed by atoms with Crippen LogP contribution in [-0.2, 0) is 19.7 Å². The van der Waals surface area contributed by atoms with Gasteiger partial charge in [-0.25, -0.2) is 4.79 Å². The Morgan fingerprint density at radius 3 is 2.48 bits per heavy atom. The van der Waals surface area contributed by atoms with Crippen LogP contribution < -0.4 is 0 Å². The number of carboxylic acids is 1. The summed E-state index contributed by atoms with van der Waals surface area (Å²) >= 11 is 0. The lowest BCUT2D eigenvalue weighted by molar-refractivity contribution is -0.160. The number of carbonyl (C=O) groups excluding carboxylic acids is 1. The number of ether oxygens (including phenoxy) is 1. The van der Waals surface area contributed by atoms with E-state index < -0.39 is 17.5 Å². The first-order chi connectivity index (χ1) is 9.82. The number of nitrogens with zero attached hydrogens (tertiary/aromatic N) is 1. The van der Waals surface area contributed by atoms with Gasteiger partial charge in [0.1, 0.15) is 0 Å². The van der Waals surface area contributed by atoms with Crippen molar-refractivity contribution in [2.75, 3.05) is 19.7 Å². The van der Waals surface area contributed by atoms with Crippen LogP contribution in [0.4, 0.5) is 0 Å². The maximum atomic E-state index is 12.8. The highest BCUT2D eigenvalue weighted by Crippen LogP contribution is 2.27. The van der Waals surface area contributed by atoms with E-state index >= 15 is 0 Å². The van der Waals surface area contributed by atoms with Crippen LogP contribution in [0.25, 0.3) is 0 Å². The second-order valence-electron chi connectivity index (χ2n) is 5.94. The first-order valence-corrected chi connectivity index (χ1v) is 7.03. The number of carboxylic acid groups (broad SMARTS) is 1. The zero-order valence-corrected chi connectivity index (χ0v) is 12.6. The molecule has 5 nitrogen and oxygen atoms in total. The Hall–Kier alpha value is -1.88. The predicted molar refractivity (Wildman–Crippen MR) is 78.2 cm³/mol. The largest absolute Gasteiger partial charge is 0.479 e. The van der Waals surface area contributed by atoms with Gasteiger partial charge in [0.05, 0.1) is 18.6 Å². The zero-order valence-electron chi connectivity index (χ0n) is 12.6. The minimum atomic E-state index is -1.03. The molecule has 1 aliphatic heterocycles. The normalized spacial score (nSPS) is 19.4. The number of hydrogen-bond acceptors (Lipinski definition) is 3. The molecule has 1 aromatic carbocycles. The number of benzene rings is 1. The van der Waals surface area contributed by atoms with E-state index in [0.29, 0.717) is 6.54 Å². The molecule has 1 unspecified atom stereocenters. The lowest BCUT2D eigenvalue weighted by Crippen LogP contribution is -2.53. The number of carbonyl (C=O) groups is 2. The van der Waals surface area contributed by atoms with E-state index in [0.717, 1.165) is 11.1 Å². The summed E-state index contributed by atoms with van der Waals surface area (Å²) in [6.45, 7) is 6.52. The number of rotatable bonds is 3. The third kappa shape index (κ3) is 3.24. The van der Waals surface area contributed by atoms with Crippen molar-refractivity contribution >= 4 is 11.9 Å². The van der Waals surface area contributed by atoms with E-state index in [-0.39, 0.29) is 19.1 Å². The van der Waals surface area contributed by atoms with E-state index in [1.165, 1.54) is 0 Å². The molecule has 0 bridgehead atoms. The number of amides is 1. The third-order valence-electron chi connectivity index (χ3n) is 3.94. The van der Waals surface area contributed by atoms with Gasteiger partial charge >= 0.3 is 5.97 Å². The van der Waals surface area contributed by atoms with Crippen LogP contribution in [0.15, 0.2) is 24.3 Å². The van der Waals surface area contributed by atoms with Gasteiger partial charge in [0.25, 0.3) is 0 Å². The summed E-state index contributed by atoms with van der Waals surface area (Å²) in [5, 5.41) is 9.03. The average molecular weight is 291 g/mol. The second-order valence-corrected chi connectivity index (χ2v) is 5.94. The fourth-order valence-electron chi connectivity index (χ4n) is 2.47. The van der Waals surface area contributed by atoms with Gasteiger partial charge in [-0.15, -0.1) is 0 Å². The molecule has 1 aliphatic rings. The Labute approximate surface area is 124 Å². The minimum absolute atomic E-state index is 0.0686. The average Bonchev–Trinajstić information content (AvgIpc) is 2.47. The lowest BCUT2D eigenvalue weighted by Gasteiger charge is -2.36. The Morgan fingerprint density at radius 1 is 1.29 bits per heavy atom. The number of morpholine rings is 1. The van der Waals surface area contributed by atoms with E-state index in [4.69, 9.17) is 9.84 Å². The molecular weight excluding hydrogens is 270 g/mol. The fourth-order valence-corrected chi connectivity index (χ4v) is 2.47. The van der Waals surface area contributed by atoms with Gasteiger partial charge in [0.2, 0.25) is 5.91 Å². The standard InChI is InChI=1S/C16H21NO4/c1-11-4-6-12(7-5-11)16(2,3)15(20)17-8-9-21-13(10-17)14(18)19/h4-7,13H,8-10H2,1-3H3,(H,18,19). The van der Waals surface area contributed by atoms with E-state index in [2.05, 4.69) is 0 Å². The molecule has 0 saturated carbocycles. The molecule has 0 spiro atoms. The molecule has 1 amide bonds. The van der Waals surface area contributed by atoms with E-state index in [1.54, 1.807) is 4.90 Å². The molecular formula is C16H21NO4. The molecule has 5 heteroatoms. The van der Waals surface area contributed by atoms with Crippen LogP contribution in [0.1, 0.15) is 25.0 Å². The van der Waals surface area contributed by atoms with Crippen LogP contribution in [0, 0.1) is 6.92 Å². The molecule has 1 heterocycles. The van der Waals surface area contributed by atoms with Crippen molar-refractivity contribution in [3.8, 4) is 0 Å². The summed E-state index contributed by atoms with van der Waals surface area (Å²) in [6, 6.07) is 7.85. The van der Waals surface area contributed by atoms with Gasteiger partial charge in [-0.1, -0.05) is 29.8 Å². The maximum absolute atomic E-state index is 12.8. The molecule has 1 aromatic rings. The van der Waals surface area contributed by atoms with Crippen molar-refractivity contribution in [1.82, 2.24) is 4.90 Å².